The van der Waals surface area contributed by atoms with Gasteiger partial charge in [0.05, 0.1) is 0 Å². The molecule has 1 fully saturated rings. The van der Waals surface area contributed by atoms with Crippen LogP contribution in [-0.4, -0.2) is 17.8 Å². The molecule has 0 heterocycles. The summed E-state index contributed by atoms with van der Waals surface area (Å²) < 4.78 is 0.496. The summed E-state index contributed by atoms with van der Waals surface area (Å²) in [6.07, 6.45) is 2.72. The molecule has 0 unspecified atom stereocenters. The number of hydrogen-bond donors (Lipinski definition) is 1. The van der Waals surface area contributed by atoms with Gasteiger partial charge in [0.25, 0.3) is 0 Å². The Kier molecular flexibility index (Phi) is 3.93. The highest BCUT2D eigenvalue weighted by molar-refractivity contribution is 8.01. The molecule has 0 radical (unpaired) electrons. The molecular formula is C14H21NS. The molecular weight excluding hydrogens is 214 g/mol. The average molecular weight is 235 g/mol. The lowest BCUT2D eigenvalue weighted by molar-refractivity contribution is 0.546. The quantitative estimate of drug-likeness (QED) is 0.809. The molecule has 0 bridgehead atoms. The second-order valence-corrected chi connectivity index (χ2v) is 6.66. The predicted octanol–water partition coefficient (Wildman–Crippen LogP) is 3.56. The fourth-order valence-electron chi connectivity index (χ4n) is 1.78. The fourth-order valence-corrected chi connectivity index (χ4v) is 3.06. The molecule has 2 rings (SSSR count). The van der Waals surface area contributed by atoms with Gasteiger partial charge < -0.3 is 5.32 Å². The first-order valence-corrected chi connectivity index (χ1v) is 6.97. The van der Waals surface area contributed by atoms with E-state index in [1.54, 1.807) is 0 Å². The lowest BCUT2D eigenvalue weighted by Gasteiger charge is -2.16. The highest BCUT2D eigenvalue weighted by Crippen LogP contribution is 2.51. The van der Waals surface area contributed by atoms with E-state index in [0.717, 1.165) is 19.0 Å². The molecule has 0 spiro atoms. The summed E-state index contributed by atoms with van der Waals surface area (Å²) in [5.41, 5.74) is 0. The van der Waals surface area contributed by atoms with Crippen molar-refractivity contribution in [3.05, 3.63) is 30.3 Å². The molecule has 1 saturated carbocycles. The van der Waals surface area contributed by atoms with Gasteiger partial charge in [-0.05, 0) is 37.4 Å². The zero-order chi connectivity index (χ0) is 11.4. The van der Waals surface area contributed by atoms with E-state index in [9.17, 15) is 0 Å². The van der Waals surface area contributed by atoms with Crippen LogP contribution in [0.4, 0.5) is 0 Å². The van der Waals surface area contributed by atoms with Crippen molar-refractivity contribution in [1.29, 1.82) is 0 Å². The summed E-state index contributed by atoms with van der Waals surface area (Å²) in [5.74, 6) is 0.748. The zero-order valence-corrected chi connectivity index (χ0v) is 11.0. The maximum absolute atomic E-state index is 3.59. The number of hydrogen-bond acceptors (Lipinski definition) is 2. The first-order valence-electron chi connectivity index (χ1n) is 6.15. The van der Waals surface area contributed by atoms with Crippen molar-refractivity contribution in [1.82, 2.24) is 5.32 Å². The van der Waals surface area contributed by atoms with Crippen molar-refractivity contribution in [2.75, 3.05) is 13.1 Å². The Balaban J connectivity index is 1.80. The van der Waals surface area contributed by atoms with Crippen LogP contribution in [0.1, 0.15) is 26.7 Å². The maximum atomic E-state index is 3.59. The van der Waals surface area contributed by atoms with E-state index >= 15 is 0 Å². The average Bonchev–Trinajstić information content (AvgIpc) is 2.99. The molecule has 0 aromatic heterocycles. The standard InChI is InChI=1S/C14H21NS/c1-12(2)10-15-11-14(8-9-14)16-13-6-4-3-5-7-13/h3-7,12,15H,8-11H2,1-2H3. The minimum absolute atomic E-state index is 0.496. The third-order valence-corrected chi connectivity index (χ3v) is 4.38. The summed E-state index contributed by atoms with van der Waals surface area (Å²) in [6, 6.07) is 10.8. The van der Waals surface area contributed by atoms with Crippen LogP contribution in [0.3, 0.4) is 0 Å². The number of benzene rings is 1. The van der Waals surface area contributed by atoms with Gasteiger partial charge in [0.1, 0.15) is 0 Å². The van der Waals surface area contributed by atoms with Gasteiger partial charge in [-0.15, -0.1) is 11.8 Å². The van der Waals surface area contributed by atoms with Gasteiger partial charge in [-0.2, -0.15) is 0 Å². The second-order valence-electron chi connectivity index (χ2n) is 5.12. The molecule has 1 aromatic carbocycles. The highest BCUT2D eigenvalue weighted by atomic mass is 32.2. The Morgan fingerprint density at radius 3 is 2.50 bits per heavy atom. The SMILES string of the molecule is CC(C)CNCC1(Sc2ccccc2)CC1. The van der Waals surface area contributed by atoms with E-state index < -0.39 is 0 Å². The molecule has 1 nitrogen and oxygen atoms in total. The lowest BCUT2D eigenvalue weighted by atomic mass is 10.2. The number of rotatable bonds is 6. The topological polar surface area (TPSA) is 12.0 Å². The Labute approximate surface area is 103 Å². The smallest absolute Gasteiger partial charge is 0.0332 e. The number of nitrogens with one attached hydrogen (secondary N) is 1. The third-order valence-electron chi connectivity index (χ3n) is 2.88. The normalized spacial score (nSPS) is 17.7. The van der Waals surface area contributed by atoms with E-state index in [0.29, 0.717) is 4.75 Å². The van der Waals surface area contributed by atoms with Crippen molar-refractivity contribution in [2.24, 2.45) is 5.92 Å². The van der Waals surface area contributed by atoms with Crippen molar-refractivity contribution in [3.63, 3.8) is 0 Å². The third kappa shape index (κ3) is 3.53. The van der Waals surface area contributed by atoms with Gasteiger partial charge in [0.2, 0.25) is 0 Å². The molecule has 0 saturated heterocycles. The molecule has 0 aliphatic heterocycles. The Morgan fingerprint density at radius 2 is 1.94 bits per heavy atom. The van der Waals surface area contributed by atoms with Crippen LogP contribution in [0.25, 0.3) is 0 Å². The summed E-state index contributed by atoms with van der Waals surface area (Å²) in [6.45, 7) is 6.82. The zero-order valence-electron chi connectivity index (χ0n) is 10.2. The fraction of sp³-hybridized carbons (Fsp3) is 0.571. The van der Waals surface area contributed by atoms with Gasteiger partial charge in [0.15, 0.2) is 0 Å². The van der Waals surface area contributed by atoms with Gasteiger partial charge in [-0.3, -0.25) is 0 Å². The van der Waals surface area contributed by atoms with Gasteiger partial charge in [-0.25, -0.2) is 0 Å². The molecule has 16 heavy (non-hydrogen) atoms. The molecule has 0 atom stereocenters. The molecule has 88 valence electrons. The lowest BCUT2D eigenvalue weighted by Crippen LogP contribution is -2.29. The molecule has 1 aliphatic carbocycles. The minimum Gasteiger partial charge on any atom is -0.315 e. The van der Waals surface area contributed by atoms with Gasteiger partial charge in [0, 0.05) is 16.2 Å². The van der Waals surface area contributed by atoms with Crippen LogP contribution in [0, 0.1) is 5.92 Å². The number of thioether (sulfide) groups is 1. The predicted molar refractivity (Wildman–Crippen MR) is 72.0 cm³/mol. The van der Waals surface area contributed by atoms with Crippen molar-refractivity contribution < 1.29 is 0 Å². The van der Waals surface area contributed by atoms with Gasteiger partial charge >= 0.3 is 0 Å². The minimum atomic E-state index is 0.496. The Morgan fingerprint density at radius 1 is 1.25 bits per heavy atom. The van der Waals surface area contributed by atoms with Crippen molar-refractivity contribution in [2.45, 2.75) is 36.3 Å². The van der Waals surface area contributed by atoms with Crippen LogP contribution in [0.15, 0.2) is 35.2 Å². The van der Waals surface area contributed by atoms with E-state index in [1.165, 1.54) is 17.7 Å². The van der Waals surface area contributed by atoms with Crippen molar-refractivity contribution in [3.8, 4) is 0 Å². The van der Waals surface area contributed by atoms with Gasteiger partial charge in [-0.1, -0.05) is 32.0 Å². The van der Waals surface area contributed by atoms with Crippen LogP contribution in [0.2, 0.25) is 0 Å². The molecule has 0 amide bonds. The first-order chi connectivity index (χ1) is 7.70. The summed E-state index contributed by atoms with van der Waals surface area (Å²) in [5, 5.41) is 3.59. The molecule has 1 N–H and O–H groups in total. The molecule has 2 heteroatoms. The van der Waals surface area contributed by atoms with Crippen molar-refractivity contribution >= 4 is 11.8 Å². The first kappa shape index (κ1) is 12.0. The summed E-state index contributed by atoms with van der Waals surface area (Å²) in [4.78, 5) is 1.41. The van der Waals surface area contributed by atoms with Crippen LogP contribution in [-0.2, 0) is 0 Å². The molecule has 1 aliphatic rings. The Bertz CT molecular complexity index is 317. The maximum Gasteiger partial charge on any atom is 0.0332 e. The van der Waals surface area contributed by atoms with Crippen LogP contribution >= 0.6 is 11.8 Å². The second kappa shape index (κ2) is 5.24. The monoisotopic (exact) mass is 235 g/mol. The van der Waals surface area contributed by atoms with E-state index in [2.05, 4.69) is 49.5 Å². The van der Waals surface area contributed by atoms with Crippen LogP contribution in [0.5, 0.6) is 0 Å². The Hall–Kier alpha value is -0.470. The van der Waals surface area contributed by atoms with E-state index in [1.807, 2.05) is 11.8 Å². The summed E-state index contributed by atoms with van der Waals surface area (Å²) in [7, 11) is 0. The highest BCUT2D eigenvalue weighted by Gasteiger charge is 2.43. The largest absolute Gasteiger partial charge is 0.315 e. The van der Waals surface area contributed by atoms with E-state index in [-0.39, 0.29) is 0 Å². The van der Waals surface area contributed by atoms with E-state index in [4.69, 9.17) is 0 Å². The summed E-state index contributed by atoms with van der Waals surface area (Å²) >= 11 is 2.05. The van der Waals surface area contributed by atoms with Crippen LogP contribution < -0.4 is 5.32 Å². The molecule has 1 aromatic rings.